The third-order valence-corrected chi connectivity index (χ3v) is 0.978. The van der Waals surface area contributed by atoms with Gasteiger partial charge in [-0.2, -0.15) is 0 Å². The van der Waals surface area contributed by atoms with Gasteiger partial charge in [0, 0.05) is 12.0 Å². The van der Waals surface area contributed by atoms with Crippen molar-refractivity contribution < 1.29 is 5.11 Å². The Morgan fingerprint density at radius 3 is 2.43 bits per heavy atom. The van der Waals surface area contributed by atoms with E-state index in [9.17, 15) is 0 Å². The Morgan fingerprint density at radius 2 is 2.29 bits per heavy atom. The highest BCUT2D eigenvalue weighted by molar-refractivity contribution is 6.20. The summed E-state index contributed by atoms with van der Waals surface area (Å²) in [5.74, 6) is 0. The SMILES string of the molecule is C[C@@H](Cl)CCCO. The summed E-state index contributed by atoms with van der Waals surface area (Å²) in [6.45, 7) is 2.19. The molecule has 0 saturated carbocycles. The lowest BCUT2D eigenvalue weighted by molar-refractivity contribution is 0.284. The van der Waals surface area contributed by atoms with Crippen molar-refractivity contribution in [1.29, 1.82) is 0 Å². The fraction of sp³-hybridized carbons (Fsp3) is 1.00. The van der Waals surface area contributed by atoms with Gasteiger partial charge in [-0.25, -0.2) is 0 Å². The highest BCUT2D eigenvalue weighted by Crippen LogP contribution is 2.01. The van der Waals surface area contributed by atoms with Gasteiger partial charge in [0.2, 0.25) is 0 Å². The summed E-state index contributed by atoms with van der Waals surface area (Å²) >= 11 is 5.55. The molecule has 0 heterocycles. The number of rotatable bonds is 3. The van der Waals surface area contributed by atoms with Crippen molar-refractivity contribution in [2.24, 2.45) is 0 Å². The van der Waals surface area contributed by atoms with E-state index < -0.39 is 0 Å². The molecule has 0 radical (unpaired) electrons. The first kappa shape index (κ1) is 7.25. The van der Waals surface area contributed by atoms with Gasteiger partial charge in [0.1, 0.15) is 0 Å². The molecule has 2 heteroatoms. The maximum atomic E-state index is 8.26. The van der Waals surface area contributed by atoms with Gasteiger partial charge in [0.15, 0.2) is 0 Å². The number of aliphatic hydroxyl groups is 1. The zero-order chi connectivity index (χ0) is 5.70. The molecule has 1 atom stereocenters. The van der Waals surface area contributed by atoms with Crippen LogP contribution >= 0.6 is 11.6 Å². The Hall–Kier alpha value is 0.250. The Bertz CT molecular complexity index is 37.1. The van der Waals surface area contributed by atoms with Crippen molar-refractivity contribution in [2.75, 3.05) is 6.61 Å². The van der Waals surface area contributed by atoms with Gasteiger partial charge >= 0.3 is 0 Å². The van der Waals surface area contributed by atoms with Crippen molar-refractivity contribution in [3.05, 3.63) is 0 Å². The molecule has 0 aromatic heterocycles. The second-order valence-electron chi connectivity index (χ2n) is 1.65. The van der Waals surface area contributed by atoms with E-state index in [4.69, 9.17) is 16.7 Å². The summed E-state index contributed by atoms with van der Waals surface area (Å²) in [5, 5.41) is 8.47. The standard InChI is InChI=1S/C5H11ClO/c1-5(6)3-2-4-7/h5,7H,2-4H2,1H3/t5-/m1/s1. The van der Waals surface area contributed by atoms with Gasteiger partial charge in [-0.3, -0.25) is 0 Å². The topological polar surface area (TPSA) is 20.2 Å². The van der Waals surface area contributed by atoms with Crippen LogP contribution in [0.15, 0.2) is 0 Å². The zero-order valence-corrected chi connectivity index (χ0v) is 5.28. The lowest BCUT2D eigenvalue weighted by Crippen LogP contribution is -1.91. The number of aliphatic hydroxyl groups excluding tert-OH is 1. The van der Waals surface area contributed by atoms with Crippen LogP contribution in [0, 0.1) is 0 Å². The molecule has 0 aromatic rings. The van der Waals surface area contributed by atoms with Crippen molar-refractivity contribution in [3.8, 4) is 0 Å². The molecule has 0 rings (SSSR count). The number of alkyl halides is 1. The van der Waals surface area contributed by atoms with E-state index in [1.54, 1.807) is 0 Å². The summed E-state index contributed by atoms with van der Waals surface area (Å²) in [7, 11) is 0. The van der Waals surface area contributed by atoms with E-state index in [1.807, 2.05) is 6.92 Å². The number of hydrogen-bond acceptors (Lipinski definition) is 1. The van der Waals surface area contributed by atoms with Gasteiger partial charge in [-0.1, -0.05) is 0 Å². The Kier molecular flexibility index (Phi) is 4.57. The number of halogens is 1. The molecule has 0 fully saturated rings. The average molecular weight is 123 g/mol. The Morgan fingerprint density at radius 1 is 1.71 bits per heavy atom. The fourth-order valence-corrected chi connectivity index (χ4v) is 0.527. The third kappa shape index (κ3) is 6.25. The molecule has 0 spiro atoms. The fourth-order valence-electron chi connectivity index (χ4n) is 0.373. The van der Waals surface area contributed by atoms with Crippen molar-refractivity contribution in [3.63, 3.8) is 0 Å². The molecule has 1 N–H and O–H groups in total. The first-order chi connectivity index (χ1) is 3.27. The molecule has 0 aliphatic carbocycles. The van der Waals surface area contributed by atoms with Crippen LogP contribution in [-0.4, -0.2) is 17.1 Å². The monoisotopic (exact) mass is 122 g/mol. The largest absolute Gasteiger partial charge is 0.396 e. The van der Waals surface area contributed by atoms with Crippen LogP contribution in [0.25, 0.3) is 0 Å². The van der Waals surface area contributed by atoms with E-state index in [-0.39, 0.29) is 12.0 Å². The lowest BCUT2D eigenvalue weighted by Gasteiger charge is -1.96. The molecule has 0 amide bonds. The average Bonchev–Trinajstić information content (AvgIpc) is 1.61. The third-order valence-electron chi connectivity index (χ3n) is 0.760. The minimum Gasteiger partial charge on any atom is -0.396 e. The van der Waals surface area contributed by atoms with Crippen LogP contribution < -0.4 is 0 Å². The highest BCUT2D eigenvalue weighted by atomic mass is 35.5. The quantitative estimate of drug-likeness (QED) is 0.561. The Balaban J connectivity index is 2.68. The van der Waals surface area contributed by atoms with Crippen LogP contribution in [0.5, 0.6) is 0 Å². The smallest absolute Gasteiger partial charge is 0.0431 e. The minimum atomic E-state index is 0.215. The molecular weight excluding hydrogens is 112 g/mol. The van der Waals surface area contributed by atoms with Crippen LogP contribution in [0.1, 0.15) is 19.8 Å². The molecule has 0 aliphatic heterocycles. The molecule has 0 unspecified atom stereocenters. The number of hydrogen-bond donors (Lipinski definition) is 1. The van der Waals surface area contributed by atoms with Crippen molar-refractivity contribution in [2.45, 2.75) is 25.1 Å². The summed E-state index contributed by atoms with van der Waals surface area (Å²) in [6, 6.07) is 0. The second-order valence-corrected chi connectivity index (χ2v) is 2.39. The van der Waals surface area contributed by atoms with Crippen LogP contribution in [-0.2, 0) is 0 Å². The minimum absolute atomic E-state index is 0.215. The van der Waals surface area contributed by atoms with Crippen molar-refractivity contribution in [1.82, 2.24) is 0 Å². The van der Waals surface area contributed by atoms with E-state index >= 15 is 0 Å². The van der Waals surface area contributed by atoms with Crippen LogP contribution in [0.3, 0.4) is 0 Å². The van der Waals surface area contributed by atoms with Crippen LogP contribution in [0.2, 0.25) is 0 Å². The van der Waals surface area contributed by atoms with Gasteiger partial charge in [-0.05, 0) is 19.8 Å². The second kappa shape index (κ2) is 4.41. The summed E-state index contributed by atoms with van der Waals surface area (Å²) in [4.78, 5) is 0. The Labute approximate surface area is 49.3 Å². The van der Waals surface area contributed by atoms with E-state index in [0.29, 0.717) is 0 Å². The summed E-state index contributed by atoms with van der Waals surface area (Å²) in [5.41, 5.74) is 0. The van der Waals surface area contributed by atoms with Crippen molar-refractivity contribution >= 4 is 11.6 Å². The highest BCUT2D eigenvalue weighted by Gasteiger charge is 1.91. The molecule has 0 aliphatic rings. The molecule has 1 nitrogen and oxygen atoms in total. The van der Waals surface area contributed by atoms with Gasteiger partial charge in [-0.15, -0.1) is 11.6 Å². The molecule has 0 aromatic carbocycles. The summed E-state index contributed by atoms with van der Waals surface area (Å²) < 4.78 is 0. The maximum Gasteiger partial charge on any atom is 0.0431 e. The zero-order valence-electron chi connectivity index (χ0n) is 4.52. The van der Waals surface area contributed by atoms with E-state index in [1.165, 1.54) is 0 Å². The maximum absolute atomic E-state index is 8.26. The first-order valence-corrected chi connectivity index (χ1v) is 2.96. The predicted molar refractivity (Wildman–Crippen MR) is 31.6 cm³/mol. The predicted octanol–water partition coefficient (Wildman–Crippen LogP) is 1.39. The molecule has 0 bridgehead atoms. The van der Waals surface area contributed by atoms with Gasteiger partial charge < -0.3 is 5.11 Å². The van der Waals surface area contributed by atoms with E-state index in [0.717, 1.165) is 12.8 Å². The van der Waals surface area contributed by atoms with Gasteiger partial charge in [0.25, 0.3) is 0 Å². The normalized spacial score (nSPS) is 14.1. The molecular formula is C5H11ClO. The van der Waals surface area contributed by atoms with Gasteiger partial charge in [0.05, 0.1) is 0 Å². The first-order valence-electron chi connectivity index (χ1n) is 2.52. The van der Waals surface area contributed by atoms with E-state index in [2.05, 4.69) is 0 Å². The molecule has 7 heavy (non-hydrogen) atoms. The molecule has 0 saturated heterocycles. The summed E-state index contributed by atoms with van der Waals surface area (Å²) in [6.07, 6.45) is 1.74. The molecule has 44 valence electrons. The lowest BCUT2D eigenvalue weighted by atomic mass is 10.3. The van der Waals surface area contributed by atoms with Crippen LogP contribution in [0.4, 0.5) is 0 Å².